The lowest BCUT2D eigenvalue weighted by atomic mass is 10.1. The van der Waals surface area contributed by atoms with Crippen molar-refractivity contribution in [2.45, 2.75) is 45.3 Å². The number of likely N-dealkylation sites (tertiary alicyclic amines) is 1. The highest BCUT2D eigenvalue weighted by Gasteiger charge is 2.27. The van der Waals surface area contributed by atoms with Crippen LogP contribution < -0.4 is 10.2 Å². The minimum atomic E-state index is -0.455. The lowest BCUT2D eigenvalue weighted by Crippen LogP contribution is -2.48. The third-order valence-electron chi connectivity index (χ3n) is 5.95. The molecule has 2 heterocycles. The predicted molar refractivity (Wildman–Crippen MR) is 125 cm³/mol. The minimum Gasteiger partial charge on any atom is -0.444 e. The van der Waals surface area contributed by atoms with E-state index in [9.17, 15) is 9.59 Å². The van der Waals surface area contributed by atoms with Crippen LogP contribution in [0.25, 0.3) is 0 Å². The molecule has 2 aliphatic heterocycles. The molecule has 2 amide bonds. The number of anilines is 1. The largest absolute Gasteiger partial charge is 0.444 e. The number of amides is 2. The quantitative estimate of drug-likeness (QED) is 0.724. The summed E-state index contributed by atoms with van der Waals surface area (Å²) in [6, 6.07) is 7.80. The third kappa shape index (κ3) is 7.10. The molecule has 8 heteroatoms. The lowest BCUT2D eigenvalue weighted by molar-refractivity contribution is -0.0161. The van der Waals surface area contributed by atoms with Crippen molar-refractivity contribution in [1.82, 2.24) is 15.1 Å². The van der Waals surface area contributed by atoms with Crippen LogP contribution in [0.15, 0.2) is 24.3 Å². The molecule has 0 aromatic heterocycles. The van der Waals surface area contributed by atoms with E-state index in [2.05, 4.69) is 15.1 Å². The zero-order valence-corrected chi connectivity index (χ0v) is 19.9. The fourth-order valence-electron chi connectivity index (χ4n) is 4.08. The molecule has 0 atom stereocenters. The van der Waals surface area contributed by atoms with Gasteiger partial charge in [0.2, 0.25) is 0 Å². The van der Waals surface area contributed by atoms with E-state index in [-0.39, 0.29) is 18.1 Å². The average Bonchev–Trinajstić information content (AvgIpc) is 2.78. The van der Waals surface area contributed by atoms with Gasteiger partial charge in [0.1, 0.15) is 5.60 Å². The topological polar surface area (TPSA) is 74.4 Å². The van der Waals surface area contributed by atoms with Crippen LogP contribution in [0.3, 0.4) is 0 Å². The third-order valence-corrected chi connectivity index (χ3v) is 5.95. The molecule has 32 heavy (non-hydrogen) atoms. The zero-order valence-electron chi connectivity index (χ0n) is 19.9. The number of nitrogens with zero attached hydrogens (tertiary/aromatic N) is 3. The fraction of sp³-hybridized carbons (Fsp3) is 0.667. The Labute approximate surface area is 191 Å². The van der Waals surface area contributed by atoms with Crippen molar-refractivity contribution in [2.24, 2.45) is 0 Å². The minimum absolute atomic E-state index is 0.0584. The van der Waals surface area contributed by atoms with E-state index in [0.717, 1.165) is 57.9 Å². The summed E-state index contributed by atoms with van der Waals surface area (Å²) >= 11 is 0. The van der Waals surface area contributed by atoms with Gasteiger partial charge in [0.15, 0.2) is 0 Å². The summed E-state index contributed by atoms with van der Waals surface area (Å²) in [5.74, 6) is -0.0584. The molecule has 3 rings (SSSR count). The first kappa shape index (κ1) is 24.3. The molecule has 0 aliphatic carbocycles. The Morgan fingerprint density at radius 3 is 2.19 bits per heavy atom. The van der Waals surface area contributed by atoms with Crippen LogP contribution in [-0.4, -0.2) is 93.0 Å². The predicted octanol–water partition coefficient (Wildman–Crippen LogP) is 2.58. The molecule has 1 aromatic rings. The number of piperazine rings is 1. The maximum atomic E-state index is 12.2. The van der Waals surface area contributed by atoms with Gasteiger partial charge in [0.25, 0.3) is 5.91 Å². The number of piperidine rings is 1. The van der Waals surface area contributed by atoms with Crippen molar-refractivity contribution in [2.75, 3.05) is 64.4 Å². The molecule has 0 unspecified atom stereocenters. The highest BCUT2D eigenvalue weighted by molar-refractivity contribution is 5.94. The van der Waals surface area contributed by atoms with Crippen LogP contribution in [0.2, 0.25) is 0 Å². The van der Waals surface area contributed by atoms with Crippen molar-refractivity contribution in [3.8, 4) is 0 Å². The number of hydrogen-bond donors (Lipinski definition) is 1. The Bertz CT molecular complexity index is 746. The van der Waals surface area contributed by atoms with E-state index in [1.165, 1.54) is 0 Å². The molecule has 2 fully saturated rings. The summed E-state index contributed by atoms with van der Waals surface area (Å²) in [7, 11) is 1.64. The van der Waals surface area contributed by atoms with E-state index in [0.29, 0.717) is 18.7 Å². The number of hydrogen-bond acceptors (Lipinski definition) is 6. The molecule has 0 saturated carbocycles. The first-order valence-electron chi connectivity index (χ1n) is 11.6. The number of rotatable bonds is 6. The Balaban J connectivity index is 1.31. The number of nitrogens with one attached hydrogen (secondary N) is 1. The molecule has 8 nitrogen and oxygen atoms in total. The van der Waals surface area contributed by atoms with Crippen molar-refractivity contribution in [3.05, 3.63) is 29.8 Å². The second kappa shape index (κ2) is 11.0. The monoisotopic (exact) mass is 446 g/mol. The average molecular weight is 447 g/mol. The van der Waals surface area contributed by atoms with Crippen LogP contribution >= 0.6 is 0 Å². The second-order valence-corrected chi connectivity index (χ2v) is 9.49. The summed E-state index contributed by atoms with van der Waals surface area (Å²) in [5, 5.41) is 2.65. The van der Waals surface area contributed by atoms with E-state index in [1.54, 1.807) is 11.9 Å². The molecular formula is C24H38N4O4. The highest BCUT2D eigenvalue weighted by atomic mass is 16.6. The molecule has 178 valence electrons. The maximum absolute atomic E-state index is 12.2. The Kier molecular flexibility index (Phi) is 8.37. The summed E-state index contributed by atoms with van der Waals surface area (Å²) < 4.78 is 11.6. The number of ether oxygens (including phenoxy) is 2. The first-order chi connectivity index (χ1) is 15.2. The second-order valence-electron chi connectivity index (χ2n) is 9.49. The summed E-state index contributed by atoms with van der Waals surface area (Å²) in [5.41, 5.74) is 1.39. The molecule has 0 spiro atoms. The highest BCUT2D eigenvalue weighted by Crippen LogP contribution is 2.19. The Morgan fingerprint density at radius 2 is 1.62 bits per heavy atom. The number of carbonyl (C=O) groups is 2. The van der Waals surface area contributed by atoms with E-state index < -0.39 is 5.60 Å². The molecule has 2 saturated heterocycles. The summed E-state index contributed by atoms with van der Waals surface area (Å²) in [6.45, 7) is 12.6. The molecule has 1 aromatic carbocycles. The number of carbonyl (C=O) groups excluding carboxylic acids is 2. The van der Waals surface area contributed by atoms with Gasteiger partial charge in [-0.25, -0.2) is 4.79 Å². The van der Waals surface area contributed by atoms with E-state index >= 15 is 0 Å². The van der Waals surface area contributed by atoms with Gasteiger partial charge >= 0.3 is 6.09 Å². The molecule has 0 radical (unpaired) electrons. The lowest BCUT2D eigenvalue weighted by Gasteiger charge is -2.37. The summed E-state index contributed by atoms with van der Waals surface area (Å²) in [4.78, 5) is 30.4. The molecule has 2 aliphatic rings. The van der Waals surface area contributed by atoms with Gasteiger partial charge in [-0.1, -0.05) is 0 Å². The Morgan fingerprint density at radius 1 is 1.00 bits per heavy atom. The first-order valence-corrected chi connectivity index (χ1v) is 11.6. The van der Waals surface area contributed by atoms with Crippen molar-refractivity contribution in [3.63, 3.8) is 0 Å². The van der Waals surface area contributed by atoms with E-state index in [1.807, 2.05) is 45.0 Å². The van der Waals surface area contributed by atoms with Gasteiger partial charge in [0, 0.05) is 64.1 Å². The van der Waals surface area contributed by atoms with Gasteiger partial charge in [-0.05, 0) is 57.9 Å². The van der Waals surface area contributed by atoms with Crippen molar-refractivity contribution >= 4 is 17.7 Å². The van der Waals surface area contributed by atoms with E-state index in [4.69, 9.17) is 9.47 Å². The SMILES string of the molecule is CNC(=O)c1ccc(N2CCN(CCOC3CCN(C(=O)OC(C)(C)C)CC3)CC2)cc1. The standard InChI is InChI=1S/C24H38N4O4/c1-24(2,3)32-23(30)28-11-9-21(10-12-28)31-18-17-26-13-15-27(16-14-26)20-7-5-19(6-8-20)22(29)25-4/h5-8,21H,9-18H2,1-4H3,(H,25,29). The Hall–Kier alpha value is -2.32. The van der Waals surface area contributed by atoms with Crippen LogP contribution in [0.4, 0.5) is 10.5 Å². The van der Waals surface area contributed by atoms with Crippen LogP contribution in [0.1, 0.15) is 44.0 Å². The van der Waals surface area contributed by atoms with Gasteiger partial charge in [-0.15, -0.1) is 0 Å². The van der Waals surface area contributed by atoms with Gasteiger partial charge in [-0.2, -0.15) is 0 Å². The molecule has 1 N–H and O–H groups in total. The van der Waals surface area contributed by atoms with Gasteiger partial charge in [0.05, 0.1) is 12.7 Å². The van der Waals surface area contributed by atoms with Crippen LogP contribution in [0.5, 0.6) is 0 Å². The smallest absolute Gasteiger partial charge is 0.410 e. The molecular weight excluding hydrogens is 408 g/mol. The maximum Gasteiger partial charge on any atom is 0.410 e. The van der Waals surface area contributed by atoms with Crippen molar-refractivity contribution < 1.29 is 19.1 Å². The number of benzene rings is 1. The fourth-order valence-corrected chi connectivity index (χ4v) is 4.08. The van der Waals surface area contributed by atoms with Gasteiger partial charge in [-0.3, -0.25) is 9.69 Å². The zero-order chi connectivity index (χ0) is 23.1. The van der Waals surface area contributed by atoms with Crippen molar-refractivity contribution in [1.29, 1.82) is 0 Å². The normalized spacial score (nSPS) is 18.5. The van der Waals surface area contributed by atoms with Crippen LogP contribution in [-0.2, 0) is 9.47 Å². The van der Waals surface area contributed by atoms with Crippen LogP contribution in [0, 0.1) is 0 Å². The van der Waals surface area contributed by atoms with Gasteiger partial charge < -0.3 is 24.6 Å². The molecule has 0 bridgehead atoms. The summed E-state index contributed by atoms with van der Waals surface area (Å²) in [6.07, 6.45) is 1.71.